The van der Waals surface area contributed by atoms with Crippen LogP contribution in [0, 0.1) is 12.8 Å². The third kappa shape index (κ3) is 4.08. The van der Waals surface area contributed by atoms with Crippen molar-refractivity contribution in [3.63, 3.8) is 0 Å². The zero-order valence-electron chi connectivity index (χ0n) is 17.5. The minimum atomic E-state index is -0.496. The third-order valence-corrected chi connectivity index (χ3v) is 6.17. The average molecular weight is 405 g/mol. The van der Waals surface area contributed by atoms with Crippen molar-refractivity contribution in [3.05, 3.63) is 58.9 Å². The van der Waals surface area contributed by atoms with E-state index in [1.54, 1.807) is 13.0 Å². The molecule has 1 amide bonds. The summed E-state index contributed by atoms with van der Waals surface area (Å²) in [5.41, 5.74) is 11.1. The Kier molecular flexibility index (Phi) is 5.57. The number of para-hydroxylation sites is 1. The highest BCUT2D eigenvalue weighted by Crippen LogP contribution is 2.31. The Morgan fingerprint density at radius 3 is 2.87 bits per heavy atom. The maximum absolute atomic E-state index is 12.8. The molecule has 0 radical (unpaired) electrons. The number of nitrogens with one attached hydrogen (secondary N) is 2. The lowest BCUT2D eigenvalue weighted by molar-refractivity contribution is -0.130. The minimum Gasteiger partial charge on any atom is -0.384 e. The van der Waals surface area contributed by atoms with Gasteiger partial charge in [-0.25, -0.2) is 4.98 Å². The van der Waals surface area contributed by atoms with E-state index in [2.05, 4.69) is 27.4 Å². The Morgan fingerprint density at radius 1 is 1.27 bits per heavy atom. The van der Waals surface area contributed by atoms with E-state index in [1.807, 2.05) is 25.1 Å². The molecule has 0 spiro atoms. The number of amides is 1. The van der Waals surface area contributed by atoms with Crippen molar-refractivity contribution in [1.29, 1.82) is 0 Å². The van der Waals surface area contributed by atoms with E-state index in [0.717, 1.165) is 29.6 Å². The van der Waals surface area contributed by atoms with Crippen molar-refractivity contribution >= 4 is 28.4 Å². The summed E-state index contributed by atoms with van der Waals surface area (Å²) in [6.07, 6.45) is 3.32. The molecule has 3 aromatic rings. The highest BCUT2D eigenvalue weighted by Gasteiger charge is 2.28. The van der Waals surface area contributed by atoms with Gasteiger partial charge in [0.05, 0.1) is 6.04 Å². The molecule has 4 rings (SSSR count). The zero-order chi connectivity index (χ0) is 21.3. The van der Waals surface area contributed by atoms with Crippen LogP contribution in [0.2, 0.25) is 0 Å². The van der Waals surface area contributed by atoms with E-state index < -0.39 is 6.04 Å². The van der Waals surface area contributed by atoms with Gasteiger partial charge in [-0.3, -0.25) is 9.59 Å². The second-order valence-corrected chi connectivity index (χ2v) is 8.24. The van der Waals surface area contributed by atoms with Crippen LogP contribution in [0.25, 0.3) is 10.9 Å². The summed E-state index contributed by atoms with van der Waals surface area (Å²) in [6, 6.07) is 11.4. The Morgan fingerprint density at radius 2 is 2.07 bits per heavy atom. The lowest BCUT2D eigenvalue weighted by Gasteiger charge is -2.23. The zero-order valence-corrected chi connectivity index (χ0v) is 17.5. The normalized spacial score (nSPS) is 16.8. The van der Waals surface area contributed by atoms with Crippen LogP contribution in [0.5, 0.6) is 0 Å². The van der Waals surface area contributed by atoms with E-state index in [9.17, 15) is 9.59 Å². The van der Waals surface area contributed by atoms with E-state index in [-0.39, 0.29) is 17.6 Å². The van der Waals surface area contributed by atoms with Crippen LogP contribution < -0.4 is 11.1 Å². The fourth-order valence-corrected chi connectivity index (χ4v) is 4.35. The van der Waals surface area contributed by atoms with Gasteiger partial charge in [0.1, 0.15) is 5.82 Å². The van der Waals surface area contributed by atoms with E-state index in [0.29, 0.717) is 25.1 Å². The van der Waals surface area contributed by atoms with Gasteiger partial charge in [0, 0.05) is 34.6 Å². The molecule has 2 aromatic heterocycles. The Bertz CT molecular complexity index is 1100. The van der Waals surface area contributed by atoms with Gasteiger partial charge in [0.2, 0.25) is 5.91 Å². The van der Waals surface area contributed by atoms with Crippen molar-refractivity contribution in [2.45, 2.75) is 52.0 Å². The first-order valence-electron chi connectivity index (χ1n) is 10.6. The molecule has 30 heavy (non-hydrogen) atoms. The van der Waals surface area contributed by atoms with Gasteiger partial charge in [-0.1, -0.05) is 24.3 Å². The third-order valence-electron chi connectivity index (χ3n) is 6.17. The monoisotopic (exact) mass is 404 g/mol. The molecule has 1 aromatic carbocycles. The maximum Gasteiger partial charge on any atom is 0.224 e. The molecule has 4 N–H and O–H groups in total. The number of rotatable bonds is 6. The van der Waals surface area contributed by atoms with Crippen molar-refractivity contribution in [3.8, 4) is 0 Å². The molecule has 0 bridgehead atoms. The van der Waals surface area contributed by atoms with Crippen LogP contribution >= 0.6 is 0 Å². The number of pyridine rings is 1. The van der Waals surface area contributed by atoms with Crippen LogP contribution in [-0.2, 0) is 28.9 Å². The maximum atomic E-state index is 12.8. The molecular weight excluding hydrogens is 376 g/mol. The number of nitrogens with two attached hydrogens (primary N) is 1. The second-order valence-electron chi connectivity index (χ2n) is 8.24. The number of aryl methyl sites for hydroxylation is 3. The average Bonchev–Trinajstić information content (AvgIpc) is 3.10. The SMILES string of the molecule is Cc1nc(N)ccc1CCC(=O)[C@H](C)NC(=O)[C@@H]1CCc2[nH]c3ccccc3c2C1. The Hall–Kier alpha value is -3.15. The molecule has 2 heterocycles. The van der Waals surface area contributed by atoms with Gasteiger partial charge in [-0.15, -0.1) is 0 Å². The Labute approximate surface area is 176 Å². The molecule has 0 aliphatic heterocycles. The number of Topliss-reactive ketones (excluding diaryl/α,β-unsaturated/α-hetero) is 1. The smallest absolute Gasteiger partial charge is 0.224 e. The van der Waals surface area contributed by atoms with Gasteiger partial charge in [0.25, 0.3) is 0 Å². The fourth-order valence-electron chi connectivity index (χ4n) is 4.35. The van der Waals surface area contributed by atoms with Gasteiger partial charge in [-0.2, -0.15) is 0 Å². The molecule has 0 saturated heterocycles. The number of anilines is 1. The summed E-state index contributed by atoms with van der Waals surface area (Å²) in [7, 11) is 0. The standard InChI is InChI=1S/C24H28N4O2/c1-14-16(9-12-23(25)26-14)8-11-22(29)15(2)27-24(30)17-7-10-21-19(13-17)18-5-3-4-6-20(18)28-21/h3-6,9,12,15,17,28H,7-8,10-11,13H2,1-2H3,(H2,25,26)(H,27,30)/t15-,17+/m0/s1. The number of fused-ring (bicyclic) bond motifs is 3. The number of ketones is 1. The van der Waals surface area contributed by atoms with Crippen molar-refractivity contribution in [1.82, 2.24) is 15.3 Å². The topological polar surface area (TPSA) is 101 Å². The molecule has 1 aliphatic carbocycles. The summed E-state index contributed by atoms with van der Waals surface area (Å²) < 4.78 is 0. The lowest BCUT2D eigenvalue weighted by Crippen LogP contribution is -2.43. The molecule has 0 fully saturated rings. The minimum absolute atomic E-state index is 0.0305. The largest absolute Gasteiger partial charge is 0.384 e. The van der Waals surface area contributed by atoms with Gasteiger partial charge >= 0.3 is 0 Å². The molecule has 6 nitrogen and oxygen atoms in total. The molecule has 2 atom stereocenters. The molecule has 156 valence electrons. The number of carbonyl (C=O) groups excluding carboxylic acids is 2. The summed E-state index contributed by atoms with van der Waals surface area (Å²) >= 11 is 0. The van der Waals surface area contributed by atoms with Crippen LogP contribution in [0.15, 0.2) is 36.4 Å². The highest BCUT2D eigenvalue weighted by molar-refractivity contribution is 5.91. The molecule has 6 heteroatoms. The number of carbonyl (C=O) groups is 2. The number of nitrogen functional groups attached to an aromatic ring is 1. The Balaban J connectivity index is 1.34. The van der Waals surface area contributed by atoms with Crippen LogP contribution in [0.4, 0.5) is 5.82 Å². The first-order chi connectivity index (χ1) is 14.4. The summed E-state index contributed by atoms with van der Waals surface area (Å²) in [5, 5.41) is 4.14. The van der Waals surface area contributed by atoms with Gasteiger partial charge in [0.15, 0.2) is 5.78 Å². The molecule has 0 unspecified atom stereocenters. The number of hydrogen-bond acceptors (Lipinski definition) is 4. The first-order valence-corrected chi connectivity index (χ1v) is 10.6. The van der Waals surface area contributed by atoms with E-state index in [1.165, 1.54) is 16.6 Å². The summed E-state index contributed by atoms with van der Waals surface area (Å²) in [4.78, 5) is 33.1. The van der Waals surface area contributed by atoms with Gasteiger partial charge in [-0.05, 0) is 62.8 Å². The quantitative estimate of drug-likeness (QED) is 0.587. The molecule has 0 saturated carbocycles. The van der Waals surface area contributed by atoms with Crippen LogP contribution in [-0.4, -0.2) is 27.7 Å². The first kappa shape index (κ1) is 20.1. The van der Waals surface area contributed by atoms with Crippen LogP contribution in [0.1, 0.15) is 42.3 Å². The van der Waals surface area contributed by atoms with E-state index >= 15 is 0 Å². The van der Waals surface area contributed by atoms with Crippen molar-refractivity contribution in [2.24, 2.45) is 5.92 Å². The number of aromatic amines is 1. The number of aromatic nitrogens is 2. The predicted octanol–water partition coefficient (Wildman–Crippen LogP) is 3.27. The van der Waals surface area contributed by atoms with E-state index in [4.69, 9.17) is 5.73 Å². The number of H-pyrrole nitrogens is 1. The van der Waals surface area contributed by atoms with Gasteiger partial charge < -0.3 is 16.0 Å². The molecular formula is C24H28N4O2. The van der Waals surface area contributed by atoms with Crippen molar-refractivity contribution in [2.75, 3.05) is 5.73 Å². The number of hydrogen-bond donors (Lipinski definition) is 3. The lowest BCUT2D eigenvalue weighted by atomic mass is 9.85. The second kappa shape index (κ2) is 8.30. The fraction of sp³-hybridized carbons (Fsp3) is 0.375. The summed E-state index contributed by atoms with van der Waals surface area (Å²) in [6.45, 7) is 3.66. The molecule has 1 aliphatic rings. The number of nitrogens with zero attached hydrogens (tertiary/aromatic N) is 1. The van der Waals surface area contributed by atoms with Crippen LogP contribution in [0.3, 0.4) is 0 Å². The van der Waals surface area contributed by atoms with Crippen molar-refractivity contribution < 1.29 is 9.59 Å². The summed E-state index contributed by atoms with van der Waals surface area (Å²) in [5.74, 6) is 0.379. The predicted molar refractivity (Wildman–Crippen MR) is 118 cm³/mol. The number of benzene rings is 1. The highest BCUT2D eigenvalue weighted by atomic mass is 16.2.